The van der Waals surface area contributed by atoms with Crippen molar-refractivity contribution in [1.82, 2.24) is 5.43 Å². The molecule has 0 aliphatic carbocycles. The van der Waals surface area contributed by atoms with Crippen LogP contribution >= 0.6 is 0 Å². The van der Waals surface area contributed by atoms with Crippen LogP contribution in [0, 0.1) is 5.92 Å². The molecule has 0 aliphatic heterocycles. The average Bonchev–Trinajstić information content (AvgIpc) is 2.14. The number of nitrogens with one attached hydrogen (secondary N) is 1. The molecule has 0 fully saturated rings. The van der Waals surface area contributed by atoms with Crippen molar-refractivity contribution < 1.29 is 17.9 Å². The molecule has 0 rings (SSSR count). The molecule has 3 N–H and O–H groups in total. The van der Waals surface area contributed by atoms with Gasteiger partial charge in [0, 0.05) is 19.6 Å². The summed E-state index contributed by atoms with van der Waals surface area (Å²) in [5, 5.41) is 0. The van der Waals surface area contributed by atoms with E-state index in [4.69, 9.17) is 10.6 Å². The number of hydrogen-bond donors (Lipinski definition) is 2. The molecule has 16 heavy (non-hydrogen) atoms. The first-order valence-electron chi connectivity index (χ1n) is 5.37. The van der Waals surface area contributed by atoms with Crippen molar-refractivity contribution in [3.05, 3.63) is 0 Å². The Morgan fingerprint density at radius 1 is 1.31 bits per heavy atom. The Hall–Kier alpha value is -0.330. The number of methoxy groups -OCH3 is 1. The van der Waals surface area contributed by atoms with E-state index >= 15 is 0 Å². The lowest BCUT2D eigenvalue weighted by Crippen LogP contribution is -2.47. The van der Waals surface area contributed by atoms with Crippen molar-refractivity contribution in [2.24, 2.45) is 11.8 Å². The van der Waals surface area contributed by atoms with E-state index in [0.29, 0.717) is 6.42 Å². The summed E-state index contributed by atoms with van der Waals surface area (Å²) < 4.78 is 41.1. The Morgan fingerprint density at radius 2 is 1.88 bits per heavy atom. The minimum atomic E-state index is -4.10. The van der Waals surface area contributed by atoms with Crippen LogP contribution < -0.4 is 11.3 Å². The fourth-order valence-electron chi connectivity index (χ4n) is 1.77. The van der Waals surface area contributed by atoms with Crippen molar-refractivity contribution in [1.29, 1.82) is 0 Å². The molecule has 0 radical (unpaired) electrons. The maximum absolute atomic E-state index is 12.0. The summed E-state index contributed by atoms with van der Waals surface area (Å²) in [5.41, 5.74) is 2.53. The second kappa shape index (κ2) is 7.09. The molecule has 3 nitrogen and oxygen atoms in total. The molecule has 6 heteroatoms. The van der Waals surface area contributed by atoms with Crippen molar-refractivity contribution in [2.45, 2.75) is 51.4 Å². The van der Waals surface area contributed by atoms with Crippen LogP contribution in [0.4, 0.5) is 13.2 Å². The monoisotopic (exact) mass is 242 g/mol. The van der Waals surface area contributed by atoms with Crippen molar-refractivity contribution in [3.8, 4) is 0 Å². The lowest BCUT2D eigenvalue weighted by atomic mass is 9.95. The lowest BCUT2D eigenvalue weighted by Gasteiger charge is -2.28. The summed E-state index contributed by atoms with van der Waals surface area (Å²) in [7, 11) is 1.54. The molecule has 0 heterocycles. The van der Waals surface area contributed by atoms with E-state index in [-0.39, 0.29) is 24.5 Å². The molecule has 0 spiro atoms. The van der Waals surface area contributed by atoms with Crippen molar-refractivity contribution in [2.75, 3.05) is 7.11 Å². The van der Waals surface area contributed by atoms with Crippen molar-refractivity contribution >= 4 is 0 Å². The van der Waals surface area contributed by atoms with Gasteiger partial charge < -0.3 is 4.74 Å². The van der Waals surface area contributed by atoms with Gasteiger partial charge in [0.1, 0.15) is 0 Å². The summed E-state index contributed by atoms with van der Waals surface area (Å²) in [6.07, 6.45) is -4.63. The fourth-order valence-corrected chi connectivity index (χ4v) is 1.77. The van der Waals surface area contributed by atoms with Crippen LogP contribution in [0.1, 0.15) is 33.1 Å². The molecule has 0 aliphatic rings. The number of hydrogen-bond acceptors (Lipinski definition) is 3. The number of rotatable bonds is 7. The molecule has 0 aromatic heterocycles. The Bertz CT molecular complexity index is 185. The number of halogens is 3. The van der Waals surface area contributed by atoms with Gasteiger partial charge in [-0.2, -0.15) is 13.2 Å². The maximum Gasteiger partial charge on any atom is 0.389 e. The van der Waals surface area contributed by atoms with E-state index < -0.39 is 12.6 Å². The molecule has 0 bridgehead atoms. The van der Waals surface area contributed by atoms with Gasteiger partial charge in [-0.15, -0.1) is 0 Å². The minimum Gasteiger partial charge on any atom is -0.380 e. The molecular weight excluding hydrogens is 221 g/mol. The summed E-state index contributed by atoms with van der Waals surface area (Å²) in [5.74, 6) is 5.53. The molecule has 0 saturated heterocycles. The summed E-state index contributed by atoms with van der Waals surface area (Å²) in [6.45, 7) is 3.89. The predicted molar refractivity (Wildman–Crippen MR) is 56.7 cm³/mol. The molecule has 0 saturated carbocycles. The zero-order valence-corrected chi connectivity index (χ0v) is 9.97. The molecule has 98 valence electrons. The molecule has 0 aromatic rings. The van der Waals surface area contributed by atoms with Crippen molar-refractivity contribution in [3.63, 3.8) is 0 Å². The van der Waals surface area contributed by atoms with Gasteiger partial charge >= 0.3 is 6.18 Å². The second-order valence-electron chi connectivity index (χ2n) is 4.22. The third-order valence-corrected chi connectivity index (χ3v) is 2.52. The van der Waals surface area contributed by atoms with E-state index in [1.54, 1.807) is 7.11 Å². The van der Waals surface area contributed by atoms with Gasteiger partial charge in [0.2, 0.25) is 0 Å². The number of hydrazine groups is 1. The van der Waals surface area contributed by atoms with Gasteiger partial charge in [-0.3, -0.25) is 11.3 Å². The Morgan fingerprint density at radius 3 is 2.19 bits per heavy atom. The van der Waals surface area contributed by atoms with E-state index in [0.717, 1.165) is 0 Å². The first-order valence-corrected chi connectivity index (χ1v) is 5.37. The third-order valence-electron chi connectivity index (χ3n) is 2.52. The standard InChI is InChI=1S/C10H21F3N2O/c1-7(2)9(16-3)8(15-14)5-4-6-10(11,12)13/h7-9,15H,4-6,14H2,1-3H3. The highest BCUT2D eigenvalue weighted by molar-refractivity contribution is 4.77. The lowest BCUT2D eigenvalue weighted by molar-refractivity contribution is -0.136. The van der Waals surface area contributed by atoms with Crippen LogP contribution in [0.3, 0.4) is 0 Å². The maximum atomic E-state index is 12.0. The van der Waals surface area contributed by atoms with Gasteiger partial charge in [0.15, 0.2) is 0 Å². The number of nitrogens with two attached hydrogens (primary N) is 1. The van der Waals surface area contributed by atoms with E-state index in [1.807, 2.05) is 13.8 Å². The molecule has 2 atom stereocenters. The van der Waals surface area contributed by atoms with E-state index in [9.17, 15) is 13.2 Å². The Kier molecular flexibility index (Phi) is 6.94. The summed E-state index contributed by atoms with van der Waals surface area (Å²) in [4.78, 5) is 0. The number of ether oxygens (including phenoxy) is 1. The van der Waals surface area contributed by atoms with Gasteiger partial charge in [0.05, 0.1) is 6.10 Å². The van der Waals surface area contributed by atoms with Crippen LogP contribution in [-0.4, -0.2) is 25.4 Å². The zero-order chi connectivity index (χ0) is 12.8. The first-order chi connectivity index (χ1) is 7.31. The largest absolute Gasteiger partial charge is 0.389 e. The zero-order valence-electron chi connectivity index (χ0n) is 9.97. The molecule has 0 amide bonds. The van der Waals surface area contributed by atoms with Gasteiger partial charge in [-0.1, -0.05) is 13.8 Å². The summed E-state index contributed by atoms with van der Waals surface area (Å²) in [6, 6.07) is -0.243. The minimum absolute atomic E-state index is 0.0605. The topological polar surface area (TPSA) is 47.3 Å². The quantitative estimate of drug-likeness (QED) is 0.531. The highest BCUT2D eigenvalue weighted by Gasteiger charge is 2.28. The Labute approximate surface area is 94.5 Å². The molecule has 2 unspecified atom stereocenters. The first kappa shape index (κ1) is 15.7. The molecular formula is C10H21F3N2O. The Balaban J connectivity index is 4.09. The van der Waals surface area contributed by atoms with Gasteiger partial charge in [0.25, 0.3) is 0 Å². The normalized spacial score (nSPS) is 16.5. The smallest absolute Gasteiger partial charge is 0.380 e. The van der Waals surface area contributed by atoms with Gasteiger partial charge in [-0.25, -0.2) is 0 Å². The highest BCUT2D eigenvalue weighted by atomic mass is 19.4. The number of alkyl halides is 3. The van der Waals surface area contributed by atoms with Crippen LogP contribution in [0.5, 0.6) is 0 Å². The third kappa shape index (κ3) is 6.30. The second-order valence-corrected chi connectivity index (χ2v) is 4.22. The average molecular weight is 242 g/mol. The van der Waals surface area contributed by atoms with Crippen LogP contribution in [-0.2, 0) is 4.74 Å². The summed E-state index contributed by atoms with van der Waals surface area (Å²) >= 11 is 0. The van der Waals surface area contributed by atoms with Gasteiger partial charge in [-0.05, 0) is 18.8 Å². The van der Waals surface area contributed by atoms with Crippen LogP contribution in [0.15, 0.2) is 0 Å². The SMILES string of the molecule is COC(C(C)C)C(CCCC(F)(F)F)NN. The van der Waals surface area contributed by atoms with E-state index in [2.05, 4.69) is 5.43 Å². The van der Waals surface area contributed by atoms with Crippen LogP contribution in [0.25, 0.3) is 0 Å². The van der Waals surface area contributed by atoms with E-state index in [1.165, 1.54) is 0 Å². The van der Waals surface area contributed by atoms with Crippen LogP contribution in [0.2, 0.25) is 0 Å². The predicted octanol–water partition coefficient (Wildman–Crippen LogP) is 2.22. The molecule has 0 aromatic carbocycles. The highest BCUT2D eigenvalue weighted by Crippen LogP contribution is 2.24. The fraction of sp³-hybridized carbons (Fsp3) is 1.00.